The third-order valence-corrected chi connectivity index (χ3v) is 5.37. The highest BCUT2D eigenvalue weighted by molar-refractivity contribution is 6.31. The van der Waals surface area contributed by atoms with E-state index in [-0.39, 0.29) is 33.9 Å². The second kappa shape index (κ2) is 6.88. The van der Waals surface area contributed by atoms with Gasteiger partial charge in [-0.1, -0.05) is 17.7 Å². The summed E-state index contributed by atoms with van der Waals surface area (Å²) in [6, 6.07) is 8.56. The number of rotatable bonds is 3. The minimum Gasteiger partial charge on any atom is -0.328 e. The highest BCUT2D eigenvalue weighted by Gasteiger charge is 2.29. The standard InChI is InChI=1S/C22H15ClF2N4O/c1-28-9-15-13(4-5-18(24)21(15)27-28)12-7-17(23)16(19(25)8-12)10-29-11-20-14(22(29)30)3-2-6-26-20/h2-9H,10-11H2,1H3/i11D2. The Morgan fingerprint density at radius 1 is 1.20 bits per heavy atom. The van der Waals surface area contributed by atoms with Crippen LogP contribution in [0, 0.1) is 11.6 Å². The molecule has 8 heteroatoms. The predicted molar refractivity (Wildman–Crippen MR) is 109 cm³/mol. The summed E-state index contributed by atoms with van der Waals surface area (Å²) in [6.45, 7) is -2.58. The van der Waals surface area contributed by atoms with Crippen molar-refractivity contribution in [2.24, 2.45) is 7.05 Å². The van der Waals surface area contributed by atoms with E-state index in [1.165, 1.54) is 41.2 Å². The van der Waals surface area contributed by atoms with Crippen molar-refractivity contribution < 1.29 is 16.3 Å². The molecule has 0 saturated carbocycles. The number of fused-ring (bicyclic) bond motifs is 2. The van der Waals surface area contributed by atoms with E-state index < -0.39 is 24.0 Å². The second-order valence-electron chi connectivity index (χ2n) is 6.98. The van der Waals surface area contributed by atoms with Gasteiger partial charge in [-0.15, -0.1) is 0 Å². The molecule has 0 N–H and O–H groups in total. The van der Waals surface area contributed by atoms with Crippen molar-refractivity contribution in [1.82, 2.24) is 19.7 Å². The number of pyridine rings is 1. The molecule has 1 aliphatic heterocycles. The molecule has 0 bridgehead atoms. The van der Waals surface area contributed by atoms with Gasteiger partial charge in [-0.25, -0.2) is 8.78 Å². The molecule has 1 amide bonds. The molecule has 2 aromatic heterocycles. The number of hydrogen-bond donors (Lipinski definition) is 0. The Kier molecular flexibility index (Phi) is 3.78. The summed E-state index contributed by atoms with van der Waals surface area (Å²) in [4.78, 5) is 17.6. The van der Waals surface area contributed by atoms with Crippen LogP contribution in [0.4, 0.5) is 8.78 Å². The SMILES string of the molecule is [2H]C1([2H])c2ncccc2C(=O)N1Cc1c(F)cc(-c2ccc(F)c3nn(C)cc23)cc1Cl. The lowest BCUT2D eigenvalue weighted by Gasteiger charge is -2.18. The number of aryl methyl sites for hydroxylation is 1. The van der Waals surface area contributed by atoms with Gasteiger partial charge in [0.25, 0.3) is 5.91 Å². The van der Waals surface area contributed by atoms with Crippen LogP contribution in [0.2, 0.25) is 5.02 Å². The monoisotopic (exact) mass is 426 g/mol. The van der Waals surface area contributed by atoms with Gasteiger partial charge in [-0.2, -0.15) is 5.10 Å². The van der Waals surface area contributed by atoms with Gasteiger partial charge in [0, 0.05) is 35.4 Å². The van der Waals surface area contributed by atoms with Crippen LogP contribution in [0.3, 0.4) is 0 Å². The molecule has 1 aliphatic rings. The van der Waals surface area contributed by atoms with Crippen LogP contribution >= 0.6 is 11.6 Å². The lowest BCUT2D eigenvalue weighted by molar-refractivity contribution is 0.0765. The molecule has 3 heterocycles. The molecule has 0 atom stereocenters. The summed E-state index contributed by atoms with van der Waals surface area (Å²) < 4.78 is 47.4. The van der Waals surface area contributed by atoms with Crippen LogP contribution in [-0.2, 0) is 20.1 Å². The van der Waals surface area contributed by atoms with Gasteiger partial charge in [-0.3, -0.25) is 14.5 Å². The number of hydrogen-bond acceptors (Lipinski definition) is 3. The zero-order valence-electron chi connectivity index (χ0n) is 17.7. The van der Waals surface area contributed by atoms with Gasteiger partial charge in [-0.05, 0) is 41.5 Å². The maximum atomic E-state index is 15.2. The maximum absolute atomic E-state index is 15.2. The summed E-state index contributed by atoms with van der Waals surface area (Å²) in [5, 5.41) is 4.62. The zero-order valence-corrected chi connectivity index (χ0v) is 16.4. The Labute approximate surface area is 178 Å². The van der Waals surface area contributed by atoms with Gasteiger partial charge in [0.1, 0.15) is 11.3 Å². The molecule has 5 nitrogen and oxygen atoms in total. The first-order valence-corrected chi connectivity index (χ1v) is 9.44. The molecule has 0 unspecified atom stereocenters. The van der Waals surface area contributed by atoms with Crippen molar-refractivity contribution in [3.63, 3.8) is 0 Å². The van der Waals surface area contributed by atoms with Gasteiger partial charge in [0.15, 0.2) is 5.82 Å². The Morgan fingerprint density at radius 2 is 2.03 bits per heavy atom. The lowest BCUT2D eigenvalue weighted by Crippen LogP contribution is -2.24. The quantitative estimate of drug-likeness (QED) is 0.476. The van der Waals surface area contributed by atoms with E-state index in [2.05, 4.69) is 10.1 Å². The molecule has 150 valence electrons. The molecule has 4 aromatic rings. The summed E-state index contributed by atoms with van der Waals surface area (Å²) in [5.74, 6) is -1.79. The number of carbonyl (C=O) groups is 1. The largest absolute Gasteiger partial charge is 0.328 e. The molecular weight excluding hydrogens is 410 g/mol. The van der Waals surface area contributed by atoms with Gasteiger partial charge >= 0.3 is 0 Å². The Bertz CT molecular complexity index is 1400. The van der Waals surface area contributed by atoms with Crippen LogP contribution < -0.4 is 0 Å². The Balaban J connectivity index is 1.55. The van der Waals surface area contributed by atoms with E-state index in [9.17, 15) is 9.18 Å². The molecule has 2 aromatic carbocycles. The zero-order chi connectivity index (χ0) is 22.8. The summed E-state index contributed by atoms with van der Waals surface area (Å²) in [7, 11) is 1.66. The minimum absolute atomic E-state index is 0.0107. The van der Waals surface area contributed by atoms with Crippen LogP contribution in [-0.4, -0.2) is 25.6 Å². The molecule has 0 spiro atoms. The van der Waals surface area contributed by atoms with Gasteiger partial charge < -0.3 is 4.90 Å². The average molecular weight is 427 g/mol. The summed E-state index contributed by atoms with van der Waals surface area (Å²) >= 11 is 6.39. The van der Waals surface area contributed by atoms with Crippen LogP contribution in [0.15, 0.2) is 48.8 Å². The van der Waals surface area contributed by atoms with Gasteiger partial charge in [0.2, 0.25) is 0 Å². The van der Waals surface area contributed by atoms with Crippen molar-refractivity contribution in [2.75, 3.05) is 0 Å². The van der Waals surface area contributed by atoms with Crippen molar-refractivity contribution in [1.29, 1.82) is 0 Å². The van der Waals surface area contributed by atoms with E-state index in [0.717, 1.165) is 4.90 Å². The summed E-state index contributed by atoms with van der Waals surface area (Å²) in [5.41, 5.74) is 1.22. The number of benzene rings is 2. The molecular formula is C22H15ClF2N4O. The predicted octanol–water partition coefficient (Wildman–Crippen LogP) is 4.72. The van der Waals surface area contributed by atoms with Crippen molar-refractivity contribution >= 4 is 28.4 Å². The third kappa shape index (κ3) is 2.93. The fraction of sp³-hybridized carbons (Fsp3) is 0.136. The number of amides is 1. The number of nitrogens with zero attached hydrogens (tertiary/aromatic N) is 4. The van der Waals surface area contributed by atoms with Crippen molar-refractivity contribution in [2.45, 2.75) is 13.0 Å². The molecule has 0 saturated heterocycles. The normalized spacial score (nSPS) is 16.0. The molecule has 30 heavy (non-hydrogen) atoms. The Hall–Kier alpha value is -3.32. The molecule has 5 rings (SSSR count). The highest BCUT2D eigenvalue weighted by Crippen LogP contribution is 2.34. The van der Waals surface area contributed by atoms with E-state index in [1.807, 2.05) is 0 Å². The van der Waals surface area contributed by atoms with Gasteiger partial charge in [0.05, 0.1) is 27.0 Å². The highest BCUT2D eigenvalue weighted by atomic mass is 35.5. The van der Waals surface area contributed by atoms with E-state index in [1.54, 1.807) is 19.3 Å². The fourth-order valence-electron chi connectivity index (χ4n) is 3.61. The maximum Gasteiger partial charge on any atom is 0.256 e. The first kappa shape index (κ1) is 16.5. The number of aromatic nitrogens is 3. The molecule has 0 fully saturated rings. The first-order chi connectivity index (χ1) is 15.2. The van der Waals surface area contributed by atoms with E-state index >= 15 is 4.39 Å². The van der Waals surface area contributed by atoms with Crippen LogP contribution in [0.25, 0.3) is 22.0 Å². The second-order valence-corrected chi connectivity index (χ2v) is 7.39. The minimum atomic E-state index is -2.21. The molecule has 0 radical (unpaired) electrons. The van der Waals surface area contributed by atoms with Crippen molar-refractivity contribution in [3.05, 3.63) is 82.3 Å². The molecule has 0 aliphatic carbocycles. The Morgan fingerprint density at radius 3 is 2.80 bits per heavy atom. The number of carbonyl (C=O) groups excluding carboxylic acids is 1. The smallest absolute Gasteiger partial charge is 0.256 e. The summed E-state index contributed by atoms with van der Waals surface area (Å²) in [6.07, 6.45) is 3.03. The fourth-order valence-corrected chi connectivity index (χ4v) is 3.88. The van der Waals surface area contributed by atoms with Crippen LogP contribution in [0.5, 0.6) is 0 Å². The third-order valence-electron chi connectivity index (χ3n) is 5.03. The van der Waals surface area contributed by atoms with E-state index in [4.69, 9.17) is 14.3 Å². The van der Waals surface area contributed by atoms with E-state index in [0.29, 0.717) is 16.5 Å². The van der Waals surface area contributed by atoms with Crippen LogP contribution in [0.1, 0.15) is 24.4 Å². The average Bonchev–Trinajstić information content (AvgIpc) is 3.22. The first-order valence-electron chi connectivity index (χ1n) is 10.1. The van der Waals surface area contributed by atoms with Crippen molar-refractivity contribution in [3.8, 4) is 11.1 Å². The lowest BCUT2D eigenvalue weighted by atomic mass is 10.00. The number of halogens is 3. The topological polar surface area (TPSA) is 51.0 Å².